The van der Waals surface area contributed by atoms with Gasteiger partial charge in [0.2, 0.25) is 0 Å². The van der Waals surface area contributed by atoms with Crippen LogP contribution >= 0.6 is 0 Å². The molecule has 4 bridgehead atoms. The maximum absolute atomic E-state index is 13.4. The summed E-state index contributed by atoms with van der Waals surface area (Å²) in [4.78, 5) is 30.3. The van der Waals surface area contributed by atoms with Crippen molar-refractivity contribution in [1.29, 1.82) is 0 Å². The van der Waals surface area contributed by atoms with Crippen LogP contribution in [-0.2, 0) is 0 Å². The van der Waals surface area contributed by atoms with Gasteiger partial charge < -0.3 is 20.2 Å². The molecule has 0 unspecified atom stereocenters. The van der Waals surface area contributed by atoms with E-state index in [0.29, 0.717) is 54.4 Å². The molecule has 3 aromatic rings. The molecule has 2 N–H and O–H groups in total. The third-order valence-electron chi connectivity index (χ3n) is 9.91. The lowest BCUT2D eigenvalue weighted by atomic mass is 9.49. The van der Waals surface area contributed by atoms with Crippen molar-refractivity contribution in [1.82, 2.24) is 20.4 Å². The number of phenols is 1. The van der Waals surface area contributed by atoms with Crippen LogP contribution in [0.1, 0.15) is 70.5 Å². The minimum atomic E-state index is -0.143. The molecule has 2 aromatic carbocycles. The predicted octanol–water partition coefficient (Wildman–Crippen LogP) is 4.49. The van der Waals surface area contributed by atoms with Gasteiger partial charge in [-0.05, 0) is 104 Å². The van der Waals surface area contributed by atoms with Gasteiger partial charge in [-0.3, -0.25) is 9.59 Å². The zero-order chi connectivity index (χ0) is 29.4. The van der Waals surface area contributed by atoms with Crippen LogP contribution in [-0.4, -0.2) is 64.7 Å². The lowest BCUT2D eigenvalue weighted by Gasteiger charge is -2.56. The molecule has 5 aliphatic rings. The molecule has 2 amide bonds. The van der Waals surface area contributed by atoms with E-state index in [9.17, 15) is 14.7 Å². The molecule has 5 fully saturated rings. The van der Waals surface area contributed by atoms with Gasteiger partial charge in [-0.1, -0.05) is 30.0 Å². The number of nitrogens with one attached hydrogen (secondary N) is 1. The molecular formula is C35H37N5O3. The number of phenolic OH excluding ortho intramolecular Hbond substituents is 1. The van der Waals surface area contributed by atoms with E-state index in [0.717, 1.165) is 24.3 Å². The molecule has 1 saturated heterocycles. The van der Waals surface area contributed by atoms with E-state index in [4.69, 9.17) is 0 Å². The second-order valence-corrected chi connectivity index (χ2v) is 13.0. The molecule has 4 aliphatic carbocycles. The molecule has 4 saturated carbocycles. The van der Waals surface area contributed by atoms with Crippen molar-refractivity contribution in [3.05, 3.63) is 83.0 Å². The number of anilines is 1. The standard InChI is InChI=1S/C35H37N5O3/c41-29-6-3-4-24(19-29)8-9-28-5-1-2-7-30(28)34(43)40-14-12-39(13-15-40)32-11-10-31(37-38-32)33(42)36-23-35-20-25-16-26(21-35)18-27(17-25)22-35/h1-7,10-11,19,25-27,41H,12-18,20-23H2,(H,36,42). The number of benzene rings is 2. The SMILES string of the molecule is O=C(NCC12CC3CC(CC(C3)C1)C2)c1ccc(N2CCN(C(=O)c3ccccc3C#Cc3cccc(O)c3)CC2)nn1. The van der Waals surface area contributed by atoms with Gasteiger partial charge in [-0.15, -0.1) is 10.2 Å². The zero-order valence-electron chi connectivity index (χ0n) is 24.3. The quantitative estimate of drug-likeness (QED) is 0.435. The maximum atomic E-state index is 13.4. The fourth-order valence-electron chi connectivity index (χ4n) is 8.29. The Morgan fingerprint density at radius 1 is 0.860 bits per heavy atom. The number of nitrogens with zero attached hydrogens (tertiary/aromatic N) is 4. The molecule has 8 heteroatoms. The van der Waals surface area contributed by atoms with Gasteiger partial charge in [0, 0.05) is 43.9 Å². The van der Waals surface area contributed by atoms with E-state index >= 15 is 0 Å². The number of aromatic nitrogens is 2. The number of carbonyl (C=O) groups excluding carboxylic acids is 2. The minimum absolute atomic E-state index is 0.0578. The maximum Gasteiger partial charge on any atom is 0.271 e. The van der Waals surface area contributed by atoms with Gasteiger partial charge in [0.15, 0.2) is 11.5 Å². The van der Waals surface area contributed by atoms with Crippen LogP contribution in [0.2, 0.25) is 0 Å². The monoisotopic (exact) mass is 575 g/mol. The Bertz CT molecular complexity index is 1550. The smallest absolute Gasteiger partial charge is 0.271 e. The largest absolute Gasteiger partial charge is 0.508 e. The molecule has 220 valence electrons. The van der Waals surface area contributed by atoms with Crippen molar-refractivity contribution < 1.29 is 14.7 Å². The summed E-state index contributed by atoms with van der Waals surface area (Å²) in [6.07, 6.45) is 7.97. The highest BCUT2D eigenvalue weighted by Crippen LogP contribution is 2.59. The first kappa shape index (κ1) is 27.5. The van der Waals surface area contributed by atoms with Crippen molar-refractivity contribution in [2.45, 2.75) is 38.5 Å². The van der Waals surface area contributed by atoms with Crippen molar-refractivity contribution in [2.24, 2.45) is 23.2 Å². The minimum Gasteiger partial charge on any atom is -0.508 e. The topological polar surface area (TPSA) is 98.7 Å². The summed E-state index contributed by atoms with van der Waals surface area (Å²) in [5, 5.41) is 21.5. The fraction of sp³-hybridized carbons (Fsp3) is 0.429. The number of hydrogen-bond donors (Lipinski definition) is 2. The highest BCUT2D eigenvalue weighted by atomic mass is 16.3. The van der Waals surface area contributed by atoms with E-state index in [2.05, 4.69) is 32.3 Å². The lowest BCUT2D eigenvalue weighted by molar-refractivity contribution is -0.0503. The Morgan fingerprint density at radius 2 is 1.58 bits per heavy atom. The third kappa shape index (κ3) is 5.81. The molecule has 1 aliphatic heterocycles. The van der Waals surface area contributed by atoms with Crippen LogP contribution < -0.4 is 10.2 Å². The van der Waals surface area contributed by atoms with Crippen molar-refractivity contribution >= 4 is 17.6 Å². The summed E-state index contributed by atoms with van der Waals surface area (Å²) in [6.45, 7) is 3.08. The Kier molecular flexibility index (Phi) is 7.26. The van der Waals surface area contributed by atoms with E-state index < -0.39 is 0 Å². The summed E-state index contributed by atoms with van der Waals surface area (Å²) < 4.78 is 0. The Hall–Kier alpha value is -4.38. The van der Waals surface area contributed by atoms with Gasteiger partial charge in [-0.25, -0.2) is 0 Å². The molecule has 0 radical (unpaired) electrons. The van der Waals surface area contributed by atoms with Crippen LogP contribution in [0, 0.1) is 35.0 Å². The lowest BCUT2D eigenvalue weighted by Crippen LogP contribution is -2.51. The van der Waals surface area contributed by atoms with Crippen LogP contribution in [0.25, 0.3) is 0 Å². The number of rotatable bonds is 5. The van der Waals surface area contributed by atoms with Crippen LogP contribution in [0.5, 0.6) is 5.75 Å². The predicted molar refractivity (Wildman–Crippen MR) is 164 cm³/mol. The Labute approximate surface area is 252 Å². The highest BCUT2D eigenvalue weighted by Gasteiger charge is 2.50. The first-order valence-corrected chi connectivity index (χ1v) is 15.5. The number of hydrogen-bond acceptors (Lipinski definition) is 6. The van der Waals surface area contributed by atoms with E-state index in [1.54, 1.807) is 30.3 Å². The molecule has 0 atom stereocenters. The fourth-order valence-corrected chi connectivity index (χ4v) is 8.29. The van der Waals surface area contributed by atoms with E-state index in [1.165, 1.54) is 38.5 Å². The van der Waals surface area contributed by atoms with Crippen LogP contribution in [0.3, 0.4) is 0 Å². The molecule has 43 heavy (non-hydrogen) atoms. The van der Waals surface area contributed by atoms with Crippen LogP contribution in [0.4, 0.5) is 5.82 Å². The average Bonchev–Trinajstić information content (AvgIpc) is 3.02. The molecule has 2 heterocycles. The van der Waals surface area contributed by atoms with Gasteiger partial charge in [0.05, 0.1) is 5.56 Å². The first-order chi connectivity index (χ1) is 20.9. The normalized spacial score (nSPS) is 25.6. The molecular weight excluding hydrogens is 538 g/mol. The van der Waals surface area contributed by atoms with Gasteiger partial charge >= 0.3 is 0 Å². The zero-order valence-corrected chi connectivity index (χ0v) is 24.3. The second-order valence-electron chi connectivity index (χ2n) is 13.0. The van der Waals surface area contributed by atoms with Crippen molar-refractivity contribution in [3.63, 3.8) is 0 Å². The molecule has 8 rings (SSSR count). The van der Waals surface area contributed by atoms with Gasteiger partial charge in [0.1, 0.15) is 5.75 Å². The Morgan fingerprint density at radius 3 is 2.26 bits per heavy atom. The average molecular weight is 576 g/mol. The van der Waals surface area contributed by atoms with E-state index in [1.807, 2.05) is 35.2 Å². The van der Waals surface area contributed by atoms with E-state index in [-0.39, 0.29) is 23.0 Å². The van der Waals surface area contributed by atoms with Gasteiger partial charge in [-0.2, -0.15) is 0 Å². The van der Waals surface area contributed by atoms with Crippen molar-refractivity contribution in [3.8, 4) is 17.6 Å². The molecule has 0 spiro atoms. The number of piperazine rings is 1. The Balaban J connectivity index is 0.939. The summed E-state index contributed by atoms with van der Waals surface area (Å²) >= 11 is 0. The summed E-state index contributed by atoms with van der Waals surface area (Å²) in [6, 6.07) is 17.7. The summed E-state index contributed by atoms with van der Waals surface area (Å²) in [5.41, 5.74) is 2.54. The number of amides is 2. The third-order valence-corrected chi connectivity index (χ3v) is 9.91. The van der Waals surface area contributed by atoms with Crippen LogP contribution in [0.15, 0.2) is 60.7 Å². The molecule has 8 nitrogen and oxygen atoms in total. The highest BCUT2D eigenvalue weighted by molar-refractivity contribution is 5.97. The van der Waals surface area contributed by atoms with Crippen molar-refractivity contribution in [2.75, 3.05) is 37.6 Å². The van der Waals surface area contributed by atoms with Gasteiger partial charge in [0.25, 0.3) is 11.8 Å². The number of aromatic hydroxyl groups is 1. The summed E-state index contributed by atoms with van der Waals surface area (Å²) in [5.74, 6) is 9.38. The summed E-state index contributed by atoms with van der Waals surface area (Å²) in [7, 11) is 0. The molecule has 1 aromatic heterocycles. The number of carbonyl (C=O) groups is 2. The second kappa shape index (κ2) is 11.4. The first-order valence-electron chi connectivity index (χ1n) is 15.5.